The summed E-state index contributed by atoms with van der Waals surface area (Å²) in [5.41, 5.74) is -0.785. The molecule has 6 nitrogen and oxygen atoms in total. The van der Waals surface area contributed by atoms with Crippen LogP contribution in [-0.2, 0) is 23.8 Å². The number of carbonyl (C=O) groups excluding carboxylic acids is 2. The predicted octanol–water partition coefficient (Wildman–Crippen LogP) is 4.44. The summed E-state index contributed by atoms with van der Waals surface area (Å²) in [5.74, 6) is -0.413. The van der Waals surface area contributed by atoms with Crippen molar-refractivity contribution in [2.75, 3.05) is 20.3 Å². The van der Waals surface area contributed by atoms with Crippen LogP contribution in [0.5, 0.6) is 0 Å². The molecule has 0 aromatic carbocycles. The number of fused-ring (bicyclic) bond motifs is 5. The van der Waals surface area contributed by atoms with E-state index in [0.717, 1.165) is 31.3 Å². The van der Waals surface area contributed by atoms with Gasteiger partial charge in [-0.1, -0.05) is 40.2 Å². The van der Waals surface area contributed by atoms with Crippen LogP contribution in [0, 0.1) is 39.9 Å². The molecule has 0 aromatic rings. The molecule has 0 aromatic heterocycles. The quantitative estimate of drug-likeness (QED) is 0.447. The maximum atomic E-state index is 13.9. The lowest BCUT2D eigenvalue weighted by molar-refractivity contribution is -0.358. The molecule has 1 spiro atoms. The predicted molar refractivity (Wildman–Crippen MR) is 127 cm³/mol. The Morgan fingerprint density at radius 1 is 1.15 bits per heavy atom. The monoisotopic (exact) mass is 474 g/mol. The third-order valence-corrected chi connectivity index (χ3v) is 10.7. The Kier molecular flexibility index (Phi) is 5.49. The molecule has 5 fully saturated rings. The summed E-state index contributed by atoms with van der Waals surface area (Å²) in [6.07, 6.45) is 6.56. The molecule has 190 valence electrons. The zero-order valence-corrected chi connectivity index (χ0v) is 21.7. The van der Waals surface area contributed by atoms with E-state index in [1.165, 1.54) is 7.11 Å². The molecular formula is C28H42O6. The maximum absolute atomic E-state index is 13.9. The summed E-state index contributed by atoms with van der Waals surface area (Å²) in [6.45, 7) is 12.0. The molecule has 1 saturated heterocycles. The fraction of sp³-hybridized carbons (Fsp3) is 0.857. The van der Waals surface area contributed by atoms with Crippen molar-refractivity contribution in [2.45, 2.75) is 91.0 Å². The summed E-state index contributed by atoms with van der Waals surface area (Å²) in [4.78, 5) is 26.0. The van der Waals surface area contributed by atoms with Crippen molar-refractivity contribution in [2.24, 2.45) is 39.9 Å². The molecule has 4 aliphatic carbocycles. The van der Waals surface area contributed by atoms with Crippen molar-refractivity contribution in [3.8, 4) is 0 Å². The van der Waals surface area contributed by atoms with Crippen LogP contribution in [0.25, 0.3) is 0 Å². The third-order valence-electron chi connectivity index (χ3n) is 10.7. The van der Waals surface area contributed by atoms with Gasteiger partial charge in [-0.25, -0.2) is 4.79 Å². The minimum Gasteiger partial charge on any atom is -0.466 e. The van der Waals surface area contributed by atoms with Crippen LogP contribution in [0.4, 0.5) is 0 Å². The van der Waals surface area contributed by atoms with E-state index in [-0.39, 0.29) is 40.3 Å². The Bertz CT molecular complexity index is 912. The van der Waals surface area contributed by atoms with E-state index in [2.05, 4.69) is 34.6 Å². The molecule has 0 amide bonds. The minimum absolute atomic E-state index is 0.0282. The number of hydrogen-bond acceptors (Lipinski definition) is 6. The van der Waals surface area contributed by atoms with Gasteiger partial charge in [0, 0.05) is 42.1 Å². The second kappa shape index (κ2) is 7.63. The number of hydrogen-bond donors (Lipinski definition) is 1. The topological polar surface area (TPSA) is 82.1 Å². The van der Waals surface area contributed by atoms with Crippen molar-refractivity contribution < 1.29 is 28.9 Å². The van der Waals surface area contributed by atoms with E-state index in [9.17, 15) is 14.7 Å². The summed E-state index contributed by atoms with van der Waals surface area (Å²) < 4.78 is 17.5. The summed E-state index contributed by atoms with van der Waals surface area (Å²) >= 11 is 0. The number of allylic oxidation sites excluding steroid dienone is 1. The van der Waals surface area contributed by atoms with Gasteiger partial charge in [0.05, 0.1) is 25.9 Å². The Morgan fingerprint density at radius 3 is 2.47 bits per heavy atom. The lowest BCUT2D eigenvalue weighted by Crippen LogP contribution is -2.70. The smallest absolute Gasteiger partial charge is 0.330 e. The number of rotatable bonds is 1. The molecule has 34 heavy (non-hydrogen) atoms. The number of ether oxygens (including phenoxy) is 3. The van der Waals surface area contributed by atoms with E-state index < -0.39 is 16.8 Å². The molecule has 4 saturated carbocycles. The number of Topliss-reactive ketones (excluding diaryl/α,β-unsaturated/α-hetero) is 1. The Hall–Kier alpha value is -1.24. The first-order valence-electron chi connectivity index (χ1n) is 13.1. The van der Waals surface area contributed by atoms with E-state index in [4.69, 9.17) is 14.2 Å². The highest BCUT2D eigenvalue weighted by atomic mass is 16.7. The molecule has 1 aliphatic heterocycles. The lowest BCUT2D eigenvalue weighted by Gasteiger charge is -2.66. The van der Waals surface area contributed by atoms with Gasteiger partial charge in [0.1, 0.15) is 5.78 Å². The Balaban J connectivity index is 1.47. The molecular weight excluding hydrogens is 432 g/mol. The van der Waals surface area contributed by atoms with Crippen LogP contribution >= 0.6 is 0 Å². The first kappa shape index (κ1) is 24.5. The van der Waals surface area contributed by atoms with E-state index in [1.807, 2.05) is 0 Å². The van der Waals surface area contributed by atoms with Crippen molar-refractivity contribution in [1.82, 2.24) is 0 Å². The van der Waals surface area contributed by atoms with Gasteiger partial charge in [-0.3, -0.25) is 4.79 Å². The van der Waals surface area contributed by atoms with E-state index in [1.54, 1.807) is 6.08 Å². The summed E-state index contributed by atoms with van der Waals surface area (Å²) in [6, 6.07) is 0. The second-order valence-electron chi connectivity index (χ2n) is 13.3. The molecule has 6 heteroatoms. The van der Waals surface area contributed by atoms with Gasteiger partial charge in [0.2, 0.25) is 0 Å². The van der Waals surface area contributed by atoms with Crippen LogP contribution in [0.15, 0.2) is 11.6 Å². The highest BCUT2D eigenvalue weighted by Gasteiger charge is 2.70. The summed E-state index contributed by atoms with van der Waals surface area (Å²) in [5, 5.41) is 12.3. The third kappa shape index (κ3) is 3.31. The number of esters is 1. The van der Waals surface area contributed by atoms with Crippen molar-refractivity contribution in [1.29, 1.82) is 0 Å². The van der Waals surface area contributed by atoms with Crippen LogP contribution in [0.2, 0.25) is 0 Å². The van der Waals surface area contributed by atoms with Crippen LogP contribution in [0.3, 0.4) is 0 Å². The van der Waals surface area contributed by atoms with Gasteiger partial charge in [-0.2, -0.15) is 0 Å². The second-order valence-corrected chi connectivity index (χ2v) is 13.3. The van der Waals surface area contributed by atoms with Crippen molar-refractivity contribution in [3.63, 3.8) is 0 Å². The molecule has 0 bridgehead atoms. The number of aliphatic hydroxyl groups is 1. The molecule has 1 N–H and O–H groups in total. The van der Waals surface area contributed by atoms with Crippen LogP contribution < -0.4 is 0 Å². The summed E-state index contributed by atoms with van der Waals surface area (Å²) in [7, 11) is 1.40. The molecule has 1 heterocycles. The highest BCUT2D eigenvalue weighted by Crippen LogP contribution is 2.69. The average Bonchev–Trinajstić information content (AvgIpc) is 3.08. The number of carbonyl (C=O) groups is 2. The zero-order chi connectivity index (χ0) is 24.7. The van der Waals surface area contributed by atoms with Crippen molar-refractivity contribution >= 4 is 11.8 Å². The van der Waals surface area contributed by atoms with Crippen LogP contribution in [-0.4, -0.2) is 48.6 Å². The normalized spacial score (nSPS) is 48.2. The lowest BCUT2D eigenvalue weighted by atomic mass is 9.41. The van der Waals surface area contributed by atoms with Gasteiger partial charge in [0.15, 0.2) is 5.79 Å². The van der Waals surface area contributed by atoms with Gasteiger partial charge < -0.3 is 19.3 Å². The first-order valence-corrected chi connectivity index (χ1v) is 13.1. The van der Waals surface area contributed by atoms with E-state index >= 15 is 0 Å². The Labute approximate surface area is 203 Å². The molecule has 0 unspecified atom stereocenters. The SMILES string of the molecule is COC(=O)/C=C1/CC[C@H]2[C@@H]3C[C@@H](C)[C@@]4(O)CC5(CC[C@]4(C)[C@H]3C(=O)C[C@]12C)OCC(C)(C)CO5. The number of methoxy groups -OCH3 is 1. The fourth-order valence-electron chi connectivity index (χ4n) is 8.71. The molecule has 7 atom stereocenters. The van der Waals surface area contributed by atoms with Gasteiger partial charge in [0.25, 0.3) is 0 Å². The molecule has 5 rings (SSSR count). The maximum Gasteiger partial charge on any atom is 0.330 e. The Morgan fingerprint density at radius 2 is 1.82 bits per heavy atom. The average molecular weight is 475 g/mol. The molecule has 0 radical (unpaired) electrons. The first-order chi connectivity index (χ1) is 15.8. The van der Waals surface area contributed by atoms with Crippen LogP contribution in [0.1, 0.15) is 79.6 Å². The van der Waals surface area contributed by atoms with Gasteiger partial charge in [-0.05, 0) is 48.9 Å². The largest absolute Gasteiger partial charge is 0.466 e. The zero-order valence-electron chi connectivity index (χ0n) is 21.7. The fourth-order valence-corrected chi connectivity index (χ4v) is 8.71. The van der Waals surface area contributed by atoms with Crippen molar-refractivity contribution in [3.05, 3.63) is 11.6 Å². The highest BCUT2D eigenvalue weighted by molar-refractivity contribution is 5.87. The standard InChI is InChI=1S/C28H42O6/c1-17-11-19-20-8-7-18(12-22(30)32-6)25(20,4)13-21(29)23(19)26(5)9-10-27(14-28(17,26)31)33-15-24(2,3)16-34-27/h12,17,19-20,23,31H,7-11,13-16H2,1-6H3/b18-12-/t17-,19+,20+,23-,25-,26-,28+/m1/s1. The van der Waals surface area contributed by atoms with Gasteiger partial charge >= 0.3 is 5.97 Å². The van der Waals surface area contributed by atoms with Gasteiger partial charge in [-0.15, -0.1) is 0 Å². The minimum atomic E-state index is -1.01. The molecule has 5 aliphatic rings. The van der Waals surface area contributed by atoms with E-state index in [0.29, 0.717) is 38.4 Å². The number of ketones is 1.